The van der Waals surface area contributed by atoms with E-state index < -0.39 is 17.6 Å². The highest BCUT2D eigenvalue weighted by molar-refractivity contribution is 5.92. The molecule has 2 rings (SSSR count). The van der Waals surface area contributed by atoms with Crippen LogP contribution in [0.4, 0.5) is 4.39 Å². The van der Waals surface area contributed by atoms with Crippen molar-refractivity contribution in [1.29, 1.82) is 0 Å². The minimum Gasteiger partial charge on any atom is -0.465 e. The molecule has 2 atom stereocenters. The lowest BCUT2D eigenvalue weighted by Gasteiger charge is -2.11. The Morgan fingerprint density at radius 1 is 1.56 bits per heavy atom. The molecule has 0 saturated heterocycles. The number of hydrogen-bond donors (Lipinski definition) is 0. The van der Waals surface area contributed by atoms with Gasteiger partial charge in [0.2, 0.25) is 0 Å². The lowest BCUT2D eigenvalue weighted by Crippen LogP contribution is -2.12. The maximum Gasteiger partial charge on any atom is 0.338 e. The average Bonchev–Trinajstić information content (AvgIpc) is 3.01. The molecule has 4 heteroatoms. The summed E-state index contributed by atoms with van der Waals surface area (Å²) in [5.41, 5.74) is -1.25. The van der Waals surface area contributed by atoms with Gasteiger partial charge in [-0.25, -0.2) is 9.18 Å². The molecule has 0 aromatic heterocycles. The van der Waals surface area contributed by atoms with E-state index in [0.717, 1.165) is 0 Å². The first kappa shape index (κ1) is 10.8. The minimum absolute atomic E-state index is 0.143. The molecule has 0 aliphatic heterocycles. The Balaban J connectivity index is 2.42. The summed E-state index contributed by atoms with van der Waals surface area (Å²) in [7, 11) is 1.24. The van der Waals surface area contributed by atoms with Crippen LogP contribution in [0.5, 0.6) is 0 Å². The quantitative estimate of drug-likeness (QED) is 0.579. The number of halogens is 1. The summed E-state index contributed by atoms with van der Waals surface area (Å²) in [6, 6.07) is 6.30. The monoisotopic (exact) mass is 222 g/mol. The zero-order valence-electron chi connectivity index (χ0n) is 8.77. The van der Waals surface area contributed by atoms with Crippen LogP contribution >= 0.6 is 0 Å². The Labute approximate surface area is 92.2 Å². The van der Waals surface area contributed by atoms with Crippen LogP contribution in [-0.2, 0) is 15.2 Å². The molecule has 0 unspecified atom stereocenters. The molecule has 84 valence electrons. The Hall–Kier alpha value is -1.71. The number of methoxy groups -OCH3 is 1. The van der Waals surface area contributed by atoms with Crippen LogP contribution in [0.2, 0.25) is 0 Å². The Morgan fingerprint density at radius 2 is 2.25 bits per heavy atom. The fraction of sp³-hybridized carbons (Fsp3) is 0.333. The first-order chi connectivity index (χ1) is 7.63. The van der Waals surface area contributed by atoms with Crippen molar-refractivity contribution >= 4 is 12.3 Å². The molecule has 0 N–H and O–H groups in total. The molecule has 1 saturated carbocycles. The van der Waals surface area contributed by atoms with E-state index in [2.05, 4.69) is 4.74 Å². The van der Waals surface area contributed by atoms with Crippen LogP contribution in [0.3, 0.4) is 0 Å². The number of alkyl halides is 1. The third kappa shape index (κ3) is 1.50. The number of ether oxygens (including phenoxy) is 1. The molecule has 3 nitrogen and oxygen atoms in total. The van der Waals surface area contributed by atoms with Crippen molar-refractivity contribution in [3.63, 3.8) is 0 Å². The van der Waals surface area contributed by atoms with Gasteiger partial charge in [0, 0.05) is 5.56 Å². The van der Waals surface area contributed by atoms with Gasteiger partial charge >= 0.3 is 5.97 Å². The second-order valence-corrected chi connectivity index (χ2v) is 3.85. The molecular formula is C12H11FO3. The predicted molar refractivity (Wildman–Crippen MR) is 54.7 cm³/mol. The fourth-order valence-corrected chi connectivity index (χ4v) is 1.86. The van der Waals surface area contributed by atoms with E-state index in [1.165, 1.54) is 19.2 Å². The van der Waals surface area contributed by atoms with Gasteiger partial charge in [0.15, 0.2) is 0 Å². The number of hydrogen-bond acceptors (Lipinski definition) is 3. The van der Waals surface area contributed by atoms with Crippen LogP contribution in [0.15, 0.2) is 24.3 Å². The normalized spacial score (nSPS) is 27.2. The number of carbonyl (C=O) groups is 2. The second-order valence-electron chi connectivity index (χ2n) is 3.85. The van der Waals surface area contributed by atoms with Gasteiger partial charge in [0.05, 0.1) is 18.6 Å². The second kappa shape index (κ2) is 3.70. The standard InChI is InChI=1S/C12H11FO3/c1-16-11(15)9-4-2-3-5-10(9)12(13)6-8(12)7-14/h2-5,7-8H,6H2,1H3/t8-,12-/m0/s1. The van der Waals surface area contributed by atoms with Gasteiger partial charge < -0.3 is 9.53 Å². The van der Waals surface area contributed by atoms with Crippen LogP contribution in [-0.4, -0.2) is 19.4 Å². The van der Waals surface area contributed by atoms with Gasteiger partial charge in [0.25, 0.3) is 0 Å². The van der Waals surface area contributed by atoms with Crippen molar-refractivity contribution in [1.82, 2.24) is 0 Å². The molecule has 1 aromatic carbocycles. The summed E-state index contributed by atoms with van der Waals surface area (Å²) in [5, 5.41) is 0. The molecule has 0 amide bonds. The molecule has 0 spiro atoms. The zero-order valence-corrected chi connectivity index (χ0v) is 8.77. The van der Waals surface area contributed by atoms with Crippen molar-refractivity contribution in [2.24, 2.45) is 5.92 Å². The number of carbonyl (C=O) groups excluding carboxylic acids is 2. The maximum atomic E-state index is 14.2. The van der Waals surface area contributed by atoms with E-state index in [1.807, 2.05) is 0 Å². The smallest absolute Gasteiger partial charge is 0.338 e. The first-order valence-corrected chi connectivity index (χ1v) is 4.95. The van der Waals surface area contributed by atoms with Gasteiger partial charge in [-0.15, -0.1) is 0 Å². The first-order valence-electron chi connectivity index (χ1n) is 4.95. The highest BCUT2D eigenvalue weighted by atomic mass is 19.1. The number of rotatable bonds is 3. The van der Waals surface area contributed by atoms with E-state index >= 15 is 0 Å². The van der Waals surface area contributed by atoms with Crippen molar-refractivity contribution in [3.8, 4) is 0 Å². The van der Waals surface area contributed by atoms with Gasteiger partial charge in [-0.3, -0.25) is 0 Å². The number of aldehydes is 1. The molecular weight excluding hydrogens is 211 g/mol. The van der Waals surface area contributed by atoms with Crippen LogP contribution in [0, 0.1) is 5.92 Å². The molecule has 0 radical (unpaired) electrons. The minimum atomic E-state index is -1.69. The summed E-state index contributed by atoms with van der Waals surface area (Å²) >= 11 is 0. The van der Waals surface area contributed by atoms with Gasteiger partial charge in [-0.2, -0.15) is 0 Å². The Morgan fingerprint density at radius 3 is 2.81 bits per heavy atom. The molecule has 1 aliphatic rings. The number of esters is 1. The zero-order chi connectivity index (χ0) is 11.8. The van der Waals surface area contributed by atoms with Crippen LogP contribution < -0.4 is 0 Å². The molecule has 1 fully saturated rings. The third-order valence-corrected chi connectivity index (χ3v) is 2.89. The fourth-order valence-electron chi connectivity index (χ4n) is 1.86. The summed E-state index contributed by atoms with van der Waals surface area (Å²) in [5.74, 6) is -1.22. The van der Waals surface area contributed by atoms with Crippen molar-refractivity contribution in [3.05, 3.63) is 35.4 Å². The van der Waals surface area contributed by atoms with E-state index in [9.17, 15) is 14.0 Å². The molecule has 16 heavy (non-hydrogen) atoms. The van der Waals surface area contributed by atoms with Crippen molar-refractivity contribution in [2.45, 2.75) is 12.1 Å². The van der Waals surface area contributed by atoms with Crippen LogP contribution in [0.25, 0.3) is 0 Å². The summed E-state index contributed by atoms with van der Waals surface area (Å²) in [6.07, 6.45) is 0.735. The van der Waals surface area contributed by atoms with Crippen molar-refractivity contribution < 1.29 is 18.7 Å². The van der Waals surface area contributed by atoms with Crippen molar-refractivity contribution in [2.75, 3.05) is 7.11 Å². The predicted octanol–water partition coefficient (Wildman–Crippen LogP) is 1.86. The third-order valence-electron chi connectivity index (χ3n) is 2.89. The largest absolute Gasteiger partial charge is 0.465 e. The SMILES string of the molecule is COC(=O)c1ccccc1[C@]1(F)C[C@H]1C=O. The lowest BCUT2D eigenvalue weighted by molar-refractivity contribution is -0.109. The van der Waals surface area contributed by atoms with E-state index in [4.69, 9.17) is 0 Å². The Kier molecular flexibility index (Phi) is 2.50. The van der Waals surface area contributed by atoms with E-state index in [1.54, 1.807) is 12.1 Å². The molecule has 0 heterocycles. The summed E-state index contributed by atoms with van der Waals surface area (Å²) < 4.78 is 18.8. The topological polar surface area (TPSA) is 43.4 Å². The Bertz CT molecular complexity index is 444. The molecule has 1 aromatic rings. The van der Waals surface area contributed by atoms with E-state index in [-0.39, 0.29) is 17.5 Å². The van der Waals surface area contributed by atoms with E-state index in [0.29, 0.717) is 6.29 Å². The average molecular weight is 222 g/mol. The van der Waals surface area contributed by atoms with Gasteiger partial charge in [-0.05, 0) is 12.5 Å². The highest BCUT2D eigenvalue weighted by Gasteiger charge is 2.58. The summed E-state index contributed by atoms with van der Waals surface area (Å²) in [6.45, 7) is 0. The van der Waals surface area contributed by atoms with Gasteiger partial charge in [0.1, 0.15) is 12.0 Å². The lowest BCUT2D eigenvalue weighted by atomic mass is 10.0. The van der Waals surface area contributed by atoms with Gasteiger partial charge in [-0.1, -0.05) is 18.2 Å². The number of benzene rings is 1. The van der Waals surface area contributed by atoms with Crippen LogP contribution in [0.1, 0.15) is 22.3 Å². The summed E-state index contributed by atoms with van der Waals surface area (Å²) in [4.78, 5) is 22.0. The molecule has 0 bridgehead atoms. The molecule has 1 aliphatic carbocycles. The maximum absolute atomic E-state index is 14.2. The highest BCUT2D eigenvalue weighted by Crippen LogP contribution is 2.55.